The van der Waals surface area contributed by atoms with Crippen LogP contribution in [0.4, 0.5) is 0 Å². The molecule has 0 N–H and O–H groups in total. The minimum Gasteiger partial charge on any atom is -0.455 e. The van der Waals surface area contributed by atoms with Crippen LogP contribution in [0.2, 0.25) is 0 Å². The van der Waals surface area contributed by atoms with E-state index < -0.39 is 0 Å². The van der Waals surface area contributed by atoms with Gasteiger partial charge in [-0.3, -0.25) is 4.98 Å². The highest BCUT2D eigenvalue weighted by molar-refractivity contribution is 6.29. The zero-order chi connectivity index (χ0) is 76.8. The fourth-order valence-corrected chi connectivity index (χ4v) is 19.6. The van der Waals surface area contributed by atoms with Crippen molar-refractivity contribution in [1.29, 1.82) is 0 Å². The standard InChI is InChI=1S/C58H34O2.C55H33NO/c1-2-16-35(17-3-1)53-39-19-4-8-23-43(39)55(44-24-9-5-20-40(44)53)50-30-15-28-48-38-33-32-36(34-52(38)60-58(48)50)54-41-21-6-10-25-45(41)56(46-26-11-7-22-42(46)54)49-29-14-27-47-37-18-12-13-31-51(37)59-57(47)49;1-2-14-35(15-3-1)51-43-21-8-10-23-45(43)54(46-24-11-9-22-44(46)51)48-26-12-25-47-38-30-29-37(33-50(38)57-55(47)48)53-41-19-6-4-17-39(41)52(40-18-5-7-20-42(40)53)36-28-27-34-16-13-31-56-49(34)32-36/h1-34H;1-33H. The average Bonchev–Trinajstić information content (AvgIpc) is 1.72. The molecule has 0 saturated carbocycles. The van der Waals surface area contributed by atoms with E-state index in [2.05, 4.69) is 388 Å². The third-order valence-electron chi connectivity index (χ3n) is 24.5. The smallest absolute Gasteiger partial charge is 0.143 e. The number of hydrogen-bond donors (Lipinski definition) is 0. The topological polar surface area (TPSA) is 52.3 Å². The Morgan fingerprint density at radius 1 is 0.154 bits per heavy atom. The average molecular weight is 1490 g/mol. The molecule has 4 heteroatoms. The van der Waals surface area contributed by atoms with Gasteiger partial charge in [-0.2, -0.15) is 0 Å². The van der Waals surface area contributed by atoms with Gasteiger partial charge in [-0.1, -0.05) is 358 Å². The Balaban J connectivity index is 0.000000134. The molecule has 0 aliphatic heterocycles. The minimum atomic E-state index is 0.869. The fraction of sp³-hybridized carbons (Fsp3) is 0. The first-order valence-electron chi connectivity index (χ1n) is 40.1. The molecular weight excluding hydrogens is 1420 g/mol. The molecule has 4 heterocycles. The summed E-state index contributed by atoms with van der Waals surface area (Å²) in [7, 11) is 0. The number of para-hydroxylation sites is 4. The number of fused-ring (bicyclic) bond motifs is 18. The van der Waals surface area contributed by atoms with Gasteiger partial charge < -0.3 is 13.3 Å². The largest absolute Gasteiger partial charge is 0.455 e. The van der Waals surface area contributed by atoms with E-state index in [4.69, 9.17) is 18.2 Å². The van der Waals surface area contributed by atoms with E-state index in [0.717, 1.165) is 110 Å². The summed E-state index contributed by atoms with van der Waals surface area (Å²) in [6, 6.07) is 144. The second-order valence-electron chi connectivity index (χ2n) is 30.8. The molecule has 0 amide bonds. The second kappa shape index (κ2) is 26.6. The quantitative estimate of drug-likeness (QED) is 0.142. The first kappa shape index (κ1) is 66.1. The van der Waals surface area contributed by atoms with Gasteiger partial charge in [-0.25, -0.2) is 0 Å². The van der Waals surface area contributed by atoms with Crippen molar-refractivity contribution in [2.24, 2.45) is 0 Å². The van der Waals surface area contributed by atoms with Crippen LogP contribution in [0.25, 0.3) is 252 Å². The van der Waals surface area contributed by atoms with Crippen molar-refractivity contribution in [2.75, 3.05) is 0 Å². The first-order chi connectivity index (χ1) is 58.1. The molecule has 4 nitrogen and oxygen atoms in total. The van der Waals surface area contributed by atoms with Crippen LogP contribution in [0.3, 0.4) is 0 Å². The molecule has 25 rings (SSSR count). The van der Waals surface area contributed by atoms with Crippen molar-refractivity contribution >= 4 is 163 Å². The summed E-state index contributed by atoms with van der Waals surface area (Å²) in [5.74, 6) is 0. The Hall–Kier alpha value is -15.5. The van der Waals surface area contributed by atoms with Gasteiger partial charge in [0.05, 0.1) is 5.52 Å². The summed E-state index contributed by atoms with van der Waals surface area (Å²) in [6.07, 6.45) is 1.87. The second-order valence-corrected chi connectivity index (χ2v) is 30.8. The van der Waals surface area contributed by atoms with Crippen molar-refractivity contribution in [2.45, 2.75) is 0 Å². The van der Waals surface area contributed by atoms with Crippen LogP contribution in [-0.2, 0) is 0 Å². The third kappa shape index (κ3) is 10.3. The van der Waals surface area contributed by atoms with Gasteiger partial charge in [0.1, 0.15) is 33.5 Å². The molecule has 0 fully saturated rings. The number of pyridine rings is 1. The van der Waals surface area contributed by atoms with Crippen LogP contribution in [0.15, 0.2) is 420 Å². The lowest BCUT2D eigenvalue weighted by atomic mass is 9.85. The Morgan fingerprint density at radius 3 is 0.752 bits per heavy atom. The van der Waals surface area contributed by atoms with Crippen LogP contribution >= 0.6 is 0 Å². The van der Waals surface area contributed by atoms with Crippen LogP contribution in [0, 0.1) is 0 Å². The van der Waals surface area contributed by atoms with Crippen LogP contribution in [0.5, 0.6) is 0 Å². The molecule has 0 unspecified atom stereocenters. The number of benzene rings is 21. The highest BCUT2D eigenvalue weighted by Gasteiger charge is 2.27. The maximum absolute atomic E-state index is 7.09. The van der Waals surface area contributed by atoms with E-state index in [1.807, 2.05) is 18.3 Å². The van der Waals surface area contributed by atoms with Crippen LogP contribution in [-0.4, -0.2) is 4.98 Å². The van der Waals surface area contributed by atoms with E-state index in [1.54, 1.807) is 0 Å². The molecule has 117 heavy (non-hydrogen) atoms. The summed E-state index contributed by atoms with van der Waals surface area (Å²) in [4.78, 5) is 4.70. The minimum absolute atomic E-state index is 0.869. The van der Waals surface area contributed by atoms with Crippen molar-refractivity contribution in [3.63, 3.8) is 0 Å². The maximum Gasteiger partial charge on any atom is 0.143 e. The normalized spacial score (nSPS) is 11.9. The molecule has 4 aromatic heterocycles. The number of furan rings is 3. The predicted octanol–water partition coefficient (Wildman–Crippen LogP) is 32.2. The van der Waals surface area contributed by atoms with E-state index >= 15 is 0 Å². The van der Waals surface area contributed by atoms with Gasteiger partial charge in [-0.05, 0) is 184 Å². The van der Waals surface area contributed by atoms with E-state index in [0.29, 0.717) is 0 Å². The van der Waals surface area contributed by atoms with Crippen molar-refractivity contribution in [3.05, 3.63) is 407 Å². The highest BCUT2D eigenvalue weighted by atomic mass is 16.3. The third-order valence-corrected chi connectivity index (χ3v) is 24.5. The zero-order valence-electron chi connectivity index (χ0n) is 63.4. The molecule has 0 aliphatic rings. The Morgan fingerprint density at radius 2 is 0.410 bits per heavy atom. The maximum atomic E-state index is 7.09. The van der Waals surface area contributed by atoms with E-state index in [9.17, 15) is 0 Å². The molecule has 0 bridgehead atoms. The summed E-state index contributed by atoms with van der Waals surface area (Å²) in [5, 5.41) is 27.2. The molecule has 25 aromatic rings. The van der Waals surface area contributed by atoms with E-state index in [1.165, 1.54) is 142 Å². The molecule has 0 radical (unpaired) electrons. The van der Waals surface area contributed by atoms with Crippen molar-refractivity contribution < 1.29 is 13.3 Å². The Bertz CT molecular complexity index is 8230. The molecule has 21 aromatic carbocycles. The lowest BCUT2D eigenvalue weighted by molar-refractivity contribution is 0.670. The van der Waals surface area contributed by atoms with Crippen LogP contribution < -0.4 is 0 Å². The molecule has 0 spiro atoms. The van der Waals surface area contributed by atoms with Gasteiger partial charge in [0.15, 0.2) is 0 Å². The molecule has 542 valence electrons. The van der Waals surface area contributed by atoms with Gasteiger partial charge in [0.25, 0.3) is 0 Å². The lowest BCUT2D eigenvalue weighted by Crippen LogP contribution is -1.91. The van der Waals surface area contributed by atoms with Crippen molar-refractivity contribution in [1.82, 2.24) is 4.98 Å². The number of nitrogens with zero attached hydrogens (tertiary/aromatic N) is 1. The summed E-state index contributed by atoms with van der Waals surface area (Å²) >= 11 is 0. The molecular formula is C113H67NO3. The number of hydrogen-bond acceptors (Lipinski definition) is 4. The van der Waals surface area contributed by atoms with Gasteiger partial charge in [0.2, 0.25) is 0 Å². The summed E-state index contributed by atoms with van der Waals surface area (Å²) in [6.45, 7) is 0. The Kier molecular flexibility index (Phi) is 15.0. The van der Waals surface area contributed by atoms with Crippen LogP contribution in [0.1, 0.15) is 0 Å². The fourth-order valence-electron chi connectivity index (χ4n) is 19.6. The number of aromatic nitrogens is 1. The molecule has 0 saturated heterocycles. The molecule has 0 aliphatic carbocycles. The SMILES string of the molecule is c1ccc(-c2c3ccccc3c(-c3cccc4c3oc3cc(-c5c6ccccc6c(-c6ccc7cccnc7c6)c6ccccc56)ccc34)c3ccccc23)cc1.c1ccc(-c2c3ccccc3c(-c3cccc4c3oc3cc(-c5c6ccccc6c(-c6cccc7c6oc6ccccc67)c6ccccc56)ccc34)c3ccccc23)cc1. The highest BCUT2D eigenvalue weighted by Crippen LogP contribution is 2.53. The van der Waals surface area contributed by atoms with Gasteiger partial charge in [0, 0.05) is 77.3 Å². The van der Waals surface area contributed by atoms with Crippen molar-refractivity contribution in [3.8, 4) is 89.0 Å². The monoisotopic (exact) mass is 1490 g/mol. The Labute approximate surface area is 672 Å². The first-order valence-corrected chi connectivity index (χ1v) is 40.1. The summed E-state index contributed by atoms with van der Waals surface area (Å²) in [5.41, 5.74) is 25.2. The van der Waals surface area contributed by atoms with E-state index in [-0.39, 0.29) is 0 Å². The predicted molar refractivity (Wildman–Crippen MR) is 494 cm³/mol. The molecule has 0 atom stereocenters. The van der Waals surface area contributed by atoms with Gasteiger partial charge in [-0.15, -0.1) is 0 Å². The number of rotatable bonds is 8. The van der Waals surface area contributed by atoms with Gasteiger partial charge >= 0.3 is 0 Å². The zero-order valence-corrected chi connectivity index (χ0v) is 63.4. The summed E-state index contributed by atoms with van der Waals surface area (Å²) < 4.78 is 20.8. The lowest BCUT2D eigenvalue weighted by Gasteiger charge is -2.18.